The normalized spacial score (nSPS) is 18.7. The van der Waals surface area contributed by atoms with Crippen LogP contribution in [-0.2, 0) is 28.9 Å². The Morgan fingerprint density at radius 1 is 1.11 bits per heavy atom. The number of ether oxygens (including phenoxy) is 1. The van der Waals surface area contributed by atoms with Gasteiger partial charge in [0.05, 0.1) is 6.54 Å². The van der Waals surface area contributed by atoms with E-state index in [4.69, 9.17) is 10.2 Å². The molecule has 0 spiro atoms. The number of amides is 1. The Morgan fingerprint density at radius 3 is 2.44 bits per heavy atom. The number of aromatic nitrogens is 2. The summed E-state index contributed by atoms with van der Waals surface area (Å²) in [4.78, 5) is 14.5. The molecule has 192 valence electrons. The van der Waals surface area contributed by atoms with Gasteiger partial charge in [0.1, 0.15) is 29.7 Å². The third-order valence-electron chi connectivity index (χ3n) is 4.97. The monoisotopic (exact) mass is 534 g/mol. The lowest BCUT2D eigenvalue weighted by Gasteiger charge is -2.23. The third kappa shape index (κ3) is 6.09. The van der Waals surface area contributed by atoms with Gasteiger partial charge in [-0.1, -0.05) is 12.1 Å². The fraction of sp³-hybridized carbons (Fsp3) is 0.286. The number of hydrogen-bond acceptors (Lipinski definition) is 7. The molecule has 8 nitrogen and oxygen atoms in total. The van der Waals surface area contributed by atoms with E-state index in [1.807, 2.05) is 0 Å². The van der Waals surface area contributed by atoms with Crippen LogP contribution in [0.2, 0.25) is 0 Å². The fourth-order valence-corrected chi connectivity index (χ4v) is 4.72. The van der Waals surface area contributed by atoms with E-state index < -0.39 is 53.7 Å². The second-order valence-corrected chi connectivity index (χ2v) is 9.17. The molecule has 1 aromatic heterocycles. The van der Waals surface area contributed by atoms with Gasteiger partial charge in [0.15, 0.2) is 4.90 Å². The molecule has 0 bridgehead atoms. The first-order valence-corrected chi connectivity index (χ1v) is 11.4. The Balaban J connectivity index is 1.68. The van der Waals surface area contributed by atoms with Gasteiger partial charge >= 0.3 is 12.5 Å². The molecule has 1 aliphatic heterocycles. The summed E-state index contributed by atoms with van der Waals surface area (Å²) < 4.78 is 96.9. The average molecular weight is 534 g/mol. The van der Waals surface area contributed by atoms with E-state index in [0.29, 0.717) is 5.56 Å². The van der Waals surface area contributed by atoms with Crippen LogP contribution in [0, 0.1) is 0 Å². The number of nitrogens with two attached hydrogens (primary N) is 1. The van der Waals surface area contributed by atoms with Gasteiger partial charge in [-0.15, -0.1) is 23.4 Å². The third-order valence-corrected chi connectivity index (χ3v) is 6.47. The van der Waals surface area contributed by atoms with E-state index in [1.165, 1.54) is 35.2 Å². The Morgan fingerprint density at radius 2 is 1.81 bits per heavy atom. The van der Waals surface area contributed by atoms with Gasteiger partial charge < -0.3 is 24.3 Å². The van der Waals surface area contributed by atoms with Gasteiger partial charge in [0.2, 0.25) is 17.7 Å². The van der Waals surface area contributed by atoms with Gasteiger partial charge in [-0.25, -0.2) is 0 Å². The number of anilines is 1. The van der Waals surface area contributed by atoms with E-state index in [1.54, 1.807) is 0 Å². The SMILES string of the molecule is N[C@H]1C[S+]([O-])c2ccc(-c3nnc(CC(F)(F)F)o3)cc2N(Cc2ccc(OC(F)(F)F)cc2)C1=O. The van der Waals surface area contributed by atoms with Crippen molar-refractivity contribution in [2.24, 2.45) is 5.73 Å². The molecule has 0 fully saturated rings. The first kappa shape index (κ1) is 25.8. The number of halogens is 6. The van der Waals surface area contributed by atoms with Crippen molar-refractivity contribution in [3.05, 3.63) is 53.9 Å². The zero-order valence-corrected chi connectivity index (χ0v) is 18.8. The Labute approximate surface area is 202 Å². The highest BCUT2D eigenvalue weighted by molar-refractivity contribution is 7.91. The molecule has 4 rings (SSSR count). The number of carbonyl (C=O) groups excluding carboxylic acids is 1. The fourth-order valence-electron chi connectivity index (χ4n) is 3.45. The van der Waals surface area contributed by atoms with Crippen molar-refractivity contribution in [1.82, 2.24) is 10.2 Å². The largest absolute Gasteiger partial charge is 0.611 e. The van der Waals surface area contributed by atoms with Crippen molar-refractivity contribution in [1.29, 1.82) is 0 Å². The summed E-state index contributed by atoms with van der Waals surface area (Å²) in [5.74, 6) is -2.17. The molecule has 1 unspecified atom stereocenters. The van der Waals surface area contributed by atoms with Crippen molar-refractivity contribution in [3.8, 4) is 17.2 Å². The molecular formula is C21H16F6N4O4S. The summed E-state index contributed by atoms with van der Waals surface area (Å²) >= 11 is -1.70. The van der Waals surface area contributed by atoms with Crippen molar-refractivity contribution in [3.63, 3.8) is 0 Å². The van der Waals surface area contributed by atoms with E-state index in [9.17, 15) is 35.7 Å². The lowest BCUT2D eigenvalue weighted by atomic mass is 10.1. The van der Waals surface area contributed by atoms with Crippen molar-refractivity contribution in [2.75, 3.05) is 10.7 Å². The van der Waals surface area contributed by atoms with Crippen molar-refractivity contribution < 1.29 is 44.8 Å². The standard InChI is InChI=1S/C21H16F6N4O4S/c22-20(23,24)8-17-29-30-18(34-17)12-3-6-16-15(7-12)31(19(32)14(28)10-36(16)33)9-11-1-4-13(5-2-11)35-21(25,26)27/h1-7,14H,8-10,28H2/t14-,36?/m0/s1. The lowest BCUT2D eigenvalue weighted by Crippen LogP contribution is -2.45. The van der Waals surface area contributed by atoms with Crippen LogP contribution >= 0.6 is 0 Å². The van der Waals surface area contributed by atoms with Crippen molar-refractivity contribution >= 4 is 22.8 Å². The molecule has 2 atom stereocenters. The maximum Gasteiger partial charge on any atom is 0.573 e. The van der Waals surface area contributed by atoms with Crippen LogP contribution in [0.5, 0.6) is 5.75 Å². The van der Waals surface area contributed by atoms with E-state index >= 15 is 0 Å². The zero-order valence-electron chi connectivity index (χ0n) is 18.0. The average Bonchev–Trinajstić information content (AvgIpc) is 3.20. The van der Waals surface area contributed by atoms with Crippen LogP contribution in [0.25, 0.3) is 11.5 Å². The summed E-state index contributed by atoms with van der Waals surface area (Å²) in [6, 6.07) is 7.80. The summed E-state index contributed by atoms with van der Waals surface area (Å²) in [5, 5.41) is 7.00. The van der Waals surface area contributed by atoms with Crippen LogP contribution in [0.4, 0.5) is 32.0 Å². The van der Waals surface area contributed by atoms with Gasteiger partial charge in [-0.05, 0) is 47.1 Å². The highest BCUT2D eigenvalue weighted by Crippen LogP contribution is 2.35. The second-order valence-electron chi connectivity index (χ2n) is 7.71. The summed E-state index contributed by atoms with van der Waals surface area (Å²) in [7, 11) is 0. The summed E-state index contributed by atoms with van der Waals surface area (Å²) in [5.41, 5.74) is 6.62. The Bertz CT molecular complexity index is 1250. The van der Waals surface area contributed by atoms with E-state index in [2.05, 4.69) is 14.9 Å². The number of carbonyl (C=O) groups is 1. The van der Waals surface area contributed by atoms with Crippen LogP contribution in [0.3, 0.4) is 0 Å². The molecule has 15 heteroatoms. The molecule has 1 amide bonds. The van der Waals surface area contributed by atoms with Gasteiger partial charge in [-0.2, -0.15) is 13.2 Å². The number of fused-ring (bicyclic) bond motifs is 1. The minimum atomic E-state index is -4.87. The highest BCUT2D eigenvalue weighted by Gasteiger charge is 2.37. The topological polar surface area (TPSA) is 118 Å². The summed E-state index contributed by atoms with van der Waals surface area (Å²) in [6.45, 7) is -0.157. The van der Waals surface area contributed by atoms with Crippen LogP contribution in [-0.4, -0.2) is 45.0 Å². The molecule has 2 N–H and O–H groups in total. The van der Waals surface area contributed by atoms with Gasteiger partial charge in [0, 0.05) is 5.56 Å². The summed E-state index contributed by atoms with van der Waals surface area (Å²) in [6.07, 6.45) is -10.9. The maximum atomic E-state index is 13.0. The molecule has 0 saturated heterocycles. The number of benzene rings is 2. The smallest absolute Gasteiger partial charge is 0.573 e. The quantitative estimate of drug-likeness (QED) is 0.392. The second kappa shape index (κ2) is 9.63. The molecular weight excluding hydrogens is 518 g/mol. The number of rotatable bonds is 5. The lowest BCUT2D eigenvalue weighted by molar-refractivity contribution is -0.274. The molecule has 3 aromatic rings. The van der Waals surface area contributed by atoms with Crippen LogP contribution < -0.4 is 15.4 Å². The van der Waals surface area contributed by atoms with Crippen LogP contribution in [0.1, 0.15) is 11.5 Å². The predicted octanol–water partition coefficient (Wildman–Crippen LogP) is 3.72. The van der Waals surface area contributed by atoms with Crippen LogP contribution in [0.15, 0.2) is 51.8 Å². The molecule has 36 heavy (non-hydrogen) atoms. The minimum absolute atomic E-state index is 0.134. The van der Waals surface area contributed by atoms with Gasteiger partial charge in [0.25, 0.3) is 0 Å². The molecule has 0 radical (unpaired) electrons. The Kier molecular flexibility index (Phi) is 6.90. The molecule has 1 aliphatic rings. The van der Waals surface area contributed by atoms with Crippen molar-refractivity contribution in [2.45, 2.75) is 36.4 Å². The molecule has 0 aliphatic carbocycles. The molecule has 2 aromatic carbocycles. The van der Waals surface area contributed by atoms with Gasteiger partial charge in [-0.3, -0.25) is 4.79 Å². The first-order valence-electron chi connectivity index (χ1n) is 10.1. The minimum Gasteiger partial charge on any atom is -0.611 e. The zero-order chi connectivity index (χ0) is 26.3. The first-order chi connectivity index (χ1) is 16.8. The van der Waals surface area contributed by atoms with E-state index in [-0.39, 0.29) is 34.3 Å². The predicted molar refractivity (Wildman–Crippen MR) is 113 cm³/mol. The number of hydrogen-bond donors (Lipinski definition) is 1. The number of nitrogens with zero attached hydrogens (tertiary/aromatic N) is 3. The molecule has 0 saturated carbocycles. The molecule has 2 heterocycles. The highest BCUT2D eigenvalue weighted by atomic mass is 32.2. The Hall–Kier alpha value is -3.30. The van der Waals surface area contributed by atoms with E-state index in [0.717, 1.165) is 12.1 Å². The maximum absolute atomic E-state index is 13.0. The number of alkyl halides is 6.